The van der Waals surface area contributed by atoms with Gasteiger partial charge in [-0.25, -0.2) is 4.79 Å². The molecule has 2 N–H and O–H groups in total. The van der Waals surface area contributed by atoms with Crippen LogP contribution in [0.4, 0.5) is 17.1 Å². The van der Waals surface area contributed by atoms with Gasteiger partial charge in [0.25, 0.3) is 5.91 Å². The number of ether oxygens (including phenoxy) is 1. The van der Waals surface area contributed by atoms with Crippen LogP contribution < -0.4 is 15.5 Å². The molecule has 1 heterocycles. The summed E-state index contributed by atoms with van der Waals surface area (Å²) in [5.74, 6) is -0.983. The lowest BCUT2D eigenvalue weighted by Crippen LogP contribution is -2.35. The Hall–Kier alpha value is -4.94. The summed E-state index contributed by atoms with van der Waals surface area (Å²) in [5.41, 5.74) is 4.48. The number of nitriles is 1. The van der Waals surface area contributed by atoms with E-state index in [1.807, 2.05) is 30.3 Å². The van der Waals surface area contributed by atoms with Crippen LogP contribution in [0.3, 0.4) is 0 Å². The summed E-state index contributed by atoms with van der Waals surface area (Å²) in [5, 5.41) is 16.0. The number of hydrogen-bond acceptors (Lipinski definition) is 7. The molecule has 0 atom stereocenters. The number of hydrogen-bond donors (Lipinski definition) is 2. The summed E-state index contributed by atoms with van der Waals surface area (Å²) in [6.45, 7) is 0.206. The fraction of sp³-hybridized carbons (Fsp3) is 0.172. The molecule has 9 heteroatoms. The number of likely N-dealkylation sites (N-methyl/N-ethyl adjacent to an activating group) is 2. The number of methoxy groups -OCH3 is 1. The minimum Gasteiger partial charge on any atom is -0.465 e. The zero-order valence-corrected chi connectivity index (χ0v) is 21.5. The molecule has 0 saturated carbocycles. The first-order valence-electron chi connectivity index (χ1n) is 11.8. The molecule has 2 amide bonds. The normalized spacial score (nSPS) is 13.3. The smallest absolute Gasteiger partial charge is 0.337 e. The van der Waals surface area contributed by atoms with Gasteiger partial charge in [0.1, 0.15) is 6.07 Å². The molecule has 0 fully saturated rings. The number of fused-ring (bicyclic) bond motifs is 1. The van der Waals surface area contributed by atoms with Crippen molar-refractivity contribution in [3.63, 3.8) is 0 Å². The maximum Gasteiger partial charge on any atom is 0.337 e. The monoisotopic (exact) mass is 509 g/mol. The molecule has 0 unspecified atom stereocenters. The molecule has 0 saturated heterocycles. The lowest BCUT2D eigenvalue weighted by Gasteiger charge is -2.22. The van der Waals surface area contributed by atoms with Gasteiger partial charge in [0, 0.05) is 18.3 Å². The molecule has 4 rings (SSSR count). The van der Waals surface area contributed by atoms with Crippen LogP contribution >= 0.6 is 0 Å². The second-order valence-electron chi connectivity index (χ2n) is 8.98. The van der Waals surface area contributed by atoms with Gasteiger partial charge in [-0.3, -0.25) is 9.59 Å². The molecule has 0 spiro atoms. The number of anilines is 3. The fourth-order valence-corrected chi connectivity index (χ4v) is 4.20. The highest BCUT2D eigenvalue weighted by Gasteiger charge is 2.29. The Labute approximate surface area is 220 Å². The average molecular weight is 510 g/mol. The van der Waals surface area contributed by atoms with Crippen molar-refractivity contribution in [3.8, 4) is 6.07 Å². The number of nitrogens with one attached hydrogen (secondary N) is 2. The van der Waals surface area contributed by atoms with Crippen LogP contribution in [0.5, 0.6) is 0 Å². The molecule has 38 heavy (non-hydrogen) atoms. The number of nitrogens with zero attached hydrogens (tertiary/aromatic N) is 3. The molecular weight excluding hydrogens is 482 g/mol. The number of amides is 2. The third-order valence-electron chi connectivity index (χ3n) is 6.07. The summed E-state index contributed by atoms with van der Waals surface area (Å²) < 4.78 is 4.80. The van der Waals surface area contributed by atoms with E-state index in [1.165, 1.54) is 12.0 Å². The van der Waals surface area contributed by atoms with E-state index in [2.05, 4.69) is 16.7 Å². The van der Waals surface area contributed by atoms with Gasteiger partial charge in [-0.15, -0.1) is 0 Å². The van der Waals surface area contributed by atoms with Gasteiger partial charge < -0.3 is 25.2 Å². The Balaban J connectivity index is 1.78. The van der Waals surface area contributed by atoms with Crippen LogP contribution in [-0.4, -0.2) is 57.5 Å². The Bertz CT molecular complexity index is 1490. The van der Waals surface area contributed by atoms with Gasteiger partial charge in [0.05, 0.1) is 47.4 Å². The van der Waals surface area contributed by atoms with E-state index in [9.17, 15) is 19.6 Å². The zero-order valence-electron chi connectivity index (χ0n) is 21.5. The molecule has 0 aliphatic carbocycles. The minimum absolute atomic E-state index is 0.148. The van der Waals surface area contributed by atoms with Gasteiger partial charge in [-0.05, 0) is 50.0 Å². The number of carbonyl (C=O) groups is 3. The van der Waals surface area contributed by atoms with Crippen molar-refractivity contribution < 1.29 is 19.1 Å². The summed E-state index contributed by atoms with van der Waals surface area (Å²) in [7, 11) is 6.54. The summed E-state index contributed by atoms with van der Waals surface area (Å²) in [6, 6.07) is 21.5. The van der Waals surface area contributed by atoms with Crippen LogP contribution in [0.15, 0.2) is 66.7 Å². The molecule has 1 aliphatic rings. The highest BCUT2D eigenvalue weighted by atomic mass is 16.5. The molecular formula is C29H27N5O4. The van der Waals surface area contributed by atoms with E-state index in [-0.39, 0.29) is 18.4 Å². The minimum atomic E-state index is -0.501. The topological polar surface area (TPSA) is 115 Å². The van der Waals surface area contributed by atoms with Crippen LogP contribution in [-0.2, 0) is 14.3 Å². The molecule has 0 aromatic heterocycles. The van der Waals surface area contributed by atoms with Gasteiger partial charge in [0.2, 0.25) is 5.91 Å². The van der Waals surface area contributed by atoms with Crippen molar-refractivity contribution in [2.75, 3.05) is 50.3 Å². The van der Waals surface area contributed by atoms with Gasteiger partial charge >= 0.3 is 5.97 Å². The number of carbonyl (C=O) groups excluding carboxylic acids is 3. The summed E-state index contributed by atoms with van der Waals surface area (Å²) in [4.78, 5) is 41.0. The Morgan fingerprint density at radius 3 is 2.39 bits per heavy atom. The lowest BCUT2D eigenvalue weighted by molar-refractivity contribution is -0.119. The molecule has 0 radical (unpaired) electrons. The molecule has 192 valence electrons. The van der Waals surface area contributed by atoms with E-state index in [0.717, 1.165) is 5.56 Å². The largest absolute Gasteiger partial charge is 0.465 e. The Kier molecular flexibility index (Phi) is 7.55. The van der Waals surface area contributed by atoms with E-state index >= 15 is 0 Å². The molecule has 3 aromatic rings. The second-order valence-corrected chi connectivity index (χ2v) is 8.98. The van der Waals surface area contributed by atoms with Gasteiger partial charge in [-0.1, -0.05) is 36.4 Å². The molecule has 0 bridgehead atoms. The van der Waals surface area contributed by atoms with Crippen molar-refractivity contribution in [2.45, 2.75) is 0 Å². The average Bonchev–Trinajstić information content (AvgIpc) is 3.25. The summed E-state index contributed by atoms with van der Waals surface area (Å²) >= 11 is 0. The third-order valence-corrected chi connectivity index (χ3v) is 6.07. The van der Waals surface area contributed by atoms with Crippen molar-refractivity contribution >= 4 is 46.1 Å². The van der Waals surface area contributed by atoms with E-state index in [0.29, 0.717) is 45.0 Å². The highest BCUT2D eigenvalue weighted by Crippen LogP contribution is 2.38. The van der Waals surface area contributed by atoms with Crippen LogP contribution in [0.2, 0.25) is 0 Å². The lowest BCUT2D eigenvalue weighted by atomic mass is 9.99. The highest BCUT2D eigenvalue weighted by molar-refractivity contribution is 6.37. The predicted octanol–water partition coefficient (Wildman–Crippen LogP) is 3.80. The van der Waals surface area contributed by atoms with Crippen molar-refractivity contribution in [2.24, 2.45) is 0 Å². The summed E-state index contributed by atoms with van der Waals surface area (Å²) in [6.07, 6.45) is 0. The third kappa shape index (κ3) is 5.26. The maximum atomic E-state index is 13.2. The number of esters is 1. The molecule has 9 nitrogen and oxygen atoms in total. The van der Waals surface area contributed by atoms with E-state index in [4.69, 9.17) is 4.74 Å². The van der Waals surface area contributed by atoms with Crippen LogP contribution in [0.1, 0.15) is 27.0 Å². The van der Waals surface area contributed by atoms with Gasteiger partial charge in [0.15, 0.2) is 0 Å². The number of rotatable bonds is 7. The Morgan fingerprint density at radius 1 is 1.00 bits per heavy atom. The fourth-order valence-electron chi connectivity index (χ4n) is 4.20. The maximum absolute atomic E-state index is 13.2. The van der Waals surface area contributed by atoms with Crippen LogP contribution in [0.25, 0.3) is 11.3 Å². The zero-order chi connectivity index (χ0) is 27.4. The first-order valence-corrected chi connectivity index (χ1v) is 11.8. The van der Waals surface area contributed by atoms with Crippen LogP contribution in [0, 0.1) is 11.3 Å². The van der Waals surface area contributed by atoms with Gasteiger partial charge in [-0.2, -0.15) is 5.26 Å². The predicted molar refractivity (Wildman–Crippen MR) is 146 cm³/mol. The standard InChI is InChI=1S/C29H27N5O4/c1-33(2)17-25(35)34(3)24-13-11-21(14-20(24)16-30)31-27(18-8-6-5-7-9-18)26-22-12-10-19(29(37)38-4)15-23(22)32-28(26)36/h5-15,31H,17H2,1-4H3,(H,32,36). The quantitative estimate of drug-likeness (QED) is 0.368. The van der Waals surface area contributed by atoms with Crippen molar-refractivity contribution in [3.05, 3.63) is 89.0 Å². The first-order chi connectivity index (χ1) is 18.2. The molecule has 3 aromatic carbocycles. The first kappa shape index (κ1) is 26.1. The van der Waals surface area contributed by atoms with Crippen molar-refractivity contribution in [1.82, 2.24) is 4.90 Å². The van der Waals surface area contributed by atoms with Crippen molar-refractivity contribution in [1.29, 1.82) is 5.26 Å². The van der Waals surface area contributed by atoms with E-state index < -0.39 is 5.97 Å². The Morgan fingerprint density at radius 2 is 1.74 bits per heavy atom. The SMILES string of the molecule is COC(=O)c1ccc2c(c1)NC(=O)C2=C(Nc1ccc(N(C)C(=O)CN(C)C)c(C#N)c1)c1ccccc1. The second kappa shape index (κ2) is 11.0. The molecule has 1 aliphatic heterocycles. The number of benzene rings is 3. The van der Waals surface area contributed by atoms with E-state index in [1.54, 1.807) is 62.4 Å².